The van der Waals surface area contributed by atoms with Crippen molar-refractivity contribution < 1.29 is 9.47 Å². The van der Waals surface area contributed by atoms with Crippen LogP contribution in [0, 0.1) is 0 Å². The lowest BCUT2D eigenvalue weighted by molar-refractivity contribution is 0.145. The summed E-state index contributed by atoms with van der Waals surface area (Å²) in [6, 6.07) is 6.61. The predicted octanol–water partition coefficient (Wildman–Crippen LogP) is 3.10. The summed E-state index contributed by atoms with van der Waals surface area (Å²) in [5, 5.41) is 7.42. The van der Waals surface area contributed by atoms with Crippen molar-refractivity contribution in [3.63, 3.8) is 0 Å². The van der Waals surface area contributed by atoms with Crippen LogP contribution in [0.2, 0.25) is 0 Å². The van der Waals surface area contributed by atoms with E-state index < -0.39 is 0 Å². The van der Waals surface area contributed by atoms with Gasteiger partial charge in [0.25, 0.3) is 0 Å². The molecule has 0 bridgehead atoms. The summed E-state index contributed by atoms with van der Waals surface area (Å²) in [5.74, 6) is 1.56. The molecule has 0 unspecified atom stereocenters. The first-order valence-electron chi connectivity index (χ1n) is 7.98. The van der Waals surface area contributed by atoms with Crippen LogP contribution in [0.5, 0.6) is 11.5 Å². The van der Waals surface area contributed by atoms with E-state index >= 15 is 0 Å². The van der Waals surface area contributed by atoms with E-state index in [1.807, 2.05) is 12.1 Å². The molecule has 1 heterocycles. The minimum absolute atomic E-state index is 0.164. The molecule has 0 atom stereocenters. The van der Waals surface area contributed by atoms with Crippen LogP contribution < -0.4 is 20.1 Å². The highest BCUT2D eigenvalue weighted by Gasteiger charge is 2.37. The average Bonchev–Trinajstić information content (AvgIpc) is 2.41. The summed E-state index contributed by atoms with van der Waals surface area (Å²) >= 11 is 0. The van der Waals surface area contributed by atoms with Gasteiger partial charge < -0.3 is 20.1 Å². The van der Waals surface area contributed by atoms with Crippen LogP contribution >= 0.6 is 0 Å². The van der Waals surface area contributed by atoms with Crippen molar-refractivity contribution in [2.24, 2.45) is 0 Å². The molecule has 0 amide bonds. The number of methoxy groups -OCH3 is 2. The van der Waals surface area contributed by atoms with Gasteiger partial charge in [0.05, 0.1) is 14.2 Å². The molecule has 1 aromatic rings. The second-order valence-electron chi connectivity index (χ2n) is 7.57. The lowest BCUT2D eigenvalue weighted by Gasteiger charge is -2.46. The smallest absolute Gasteiger partial charge is 0.161 e. The Hall–Kier alpha value is -1.26. The highest BCUT2D eigenvalue weighted by molar-refractivity contribution is 5.42. The fourth-order valence-corrected chi connectivity index (χ4v) is 3.72. The number of benzene rings is 1. The second kappa shape index (κ2) is 6.47. The van der Waals surface area contributed by atoms with E-state index in [0.717, 1.165) is 30.9 Å². The van der Waals surface area contributed by atoms with Crippen molar-refractivity contribution in [2.45, 2.75) is 64.2 Å². The molecule has 124 valence electrons. The zero-order valence-corrected chi connectivity index (χ0v) is 14.7. The molecular weight excluding hydrogens is 276 g/mol. The number of hydrogen-bond donors (Lipinski definition) is 2. The van der Waals surface area contributed by atoms with Crippen LogP contribution in [0.1, 0.15) is 46.1 Å². The maximum Gasteiger partial charge on any atom is 0.161 e. The highest BCUT2D eigenvalue weighted by Crippen LogP contribution is 2.30. The molecule has 4 nitrogen and oxygen atoms in total. The molecule has 1 saturated heterocycles. The van der Waals surface area contributed by atoms with Crippen molar-refractivity contribution in [1.29, 1.82) is 0 Å². The van der Waals surface area contributed by atoms with E-state index in [-0.39, 0.29) is 11.1 Å². The monoisotopic (exact) mass is 306 g/mol. The molecular formula is C18H30N2O2. The Morgan fingerprint density at radius 1 is 1.05 bits per heavy atom. The summed E-state index contributed by atoms with van der Waals surface area (Å²) < 4.78 is 10.7. The lowest BCUT2D eigenvalue weighted by Crippen LogP contribution is -2.61. The molecule has 1 fully saturated rings. The van der Waals surface area contributed by atoms with Gasteiger partial charge in [-0.3, -0.25) is 0 Å². The van der Waals surface area contributed by atoms with Crippen molar-refractivity contribution in [2.75, 3.05) is 14.2 Å². The van der Waals surface area contributed by atoms with Crippen LogP contribution in [0.15, 0.2) is 18.2 Å². The molecule has 1 aromatic carbocycles. The molecule has 0 spiro atoms. The molecule has 0 aliphatic carbocycles. The SMILES string of the molecule is COc1ccc(CNC2CC(C)(C)NC(C)(C)C2)cc1OC. The molecule has 2 rings (SSSR count). The fourth-order valence-electron chi connectivity index (χ4n) is 3.72. The Labute approximate surface area is 134 Å². The van der Waals surface area contributed by atoms with Gasteiger partial charge in [-0.05, 0) is 58.2 Å². The lowest BCUT2D eigenvalue weighted by atomic mass is 9.79. The minimum atomic E-state index is 0.164. The van der Waals surface area contributed by atoms with E-state index in [0.29, 0.717) is 6.04 Å². The number of nitrogens with one attached hydrogen (secondary N) is 2. The van der Waals surface area contributed by atoms with Crippen LogP contribution in [0.3, 0.4) is 0 Å². The summed E-state index contributed by atoms with van der Waals surface area (Å²) in [6.07, 6.45) is 2.26. The van der Waals surface area contributed by atoms with Crippen molar-refractivity contribution in [3.8, 4) is 11.5 Å². The van der Waals surface area contributed by atoms with Gasteiger partial charge >= 0.3 is 0 Å². The Morgan fingerprint density at radius 3 is 2.18 bits per heavy atom. The van der Waals surface area contributed by atoms with Gasteiger partial charge in [-0.15, -0.1) is 0 Å². The Balaban J connectivity index is 2.00. The van der Waals surface area contributed by atoms with Gasteiger partial charge in [0.2, 0.25) is 0 Å². The summed E-state index contributed by atoms with van der Waals surface area (Å²) in [5.41, 5.74) is 1.54. The van der Waals surface area contributed by atoms with Gasteiger partial charge in [-0.2, -0.15) is 0 Å². The third-order valence-electron chi connectivity index (χ3n) is 4.23. The molecule has 22 heavy (non-hydrogen) atoms. The molecule has 2 N–H and O–H groups in total. The van der Waals surface area contributed by atoms with Gasteiger partial charge in [0.1, 0.15) is 0 Å². The molecule has 4 heteroatoms. The van der Waals surface area contributed by atoms with Gasteiger partial charge in [0, 0.05) is 23.7 Å². The van der Waals surface area contributed by atoms with E-state index in [1.165, 1.54) is 5.56 Å². The van der Waals surface area contributed by atoms with Gasteiger partial charge in [-0.1, -0.05) is 6.07 Å². The van der Waals surface area contributed by atoms with Crippen molar-refractivity contribution in [1.82, 2.24) is 10.6 Å². The maximum absolute atomic E-state index is 5.37. The Bertz CT molecular complexity index is 496. The van der Waals surface area contributed by atoms with Crippen LogP contribution in [0.4, 0.5) is 0 Å². The molecule has 0 radical (unpaired) electrons. The summed E-state index contributed by atoms with van der Waals surface area (Å²) in [6.45, 7) is 9.95. The third kappa shape index (κ3) is 4.37. The minimum Gasteiger partial charge on any atom is -0.493 e. The molecule has 0 saturated carbocycles. The second-order valence-corrected chi connectivity index (χ2v) is 7.57. The van der Waals surface area contributed by atoms with Crippen molar-refractivity contribution >= 4 is 0 Å². The first-order valence-corrected chi connectivity index (χ1v) is 7.98. The Morgan fingerprint density at radius 2 is 1.64 bits per heavy atom. The normalized spacial score (nSPS) is 20.6. The maximum atomic E-state index is 5.37. The molecule has 1 aliphatic rings. The Kier molecular flexibility index (Phi) is 5.03. The first kappa shape index (κ1) is 17.1. The topological polar surface area (TPSA) is 42.5 Å². The number of rotatable bonds is 5. The number of piperidine rings is 1. The summed E-state index contributed by atoms with van der Waals surface area (Å²) in [4.78, 5) is 0. The standard InChI is InChI=1S/C18H30N2O2/c1-17(2)10-14(11-18(3,4)20-17)19-12-13-7-8-15(21-5)16(9-13)22-6/h7-9,14,19-20H,10-12H2,1-6H3. The van der Waals surface area contributed by atoms with E-state index in [9.17, 15) is 0 Å². The van der Waals surface area contributed by atoms with Crippen molar-refractivity contribution in [3.05, 3.63) is 23.8 Å². The zero-order valence-electron chi connectivity index (χ0n) is 14.7. The van der Waals surface area contributed by atoms with E-state index in [4.69, 9.17) is 9.47 Å². The highest BCUT2D eigenvalue weighted by atomic mass is 16.5. The fraction of sp³-hybridized carbons (Fsp3) is 0.667. The first-order chi connectivity index (χ1) is 10.2. The summed E-state index contributed by atoms with van der Waals surface area (Å²) in [7, 11) is 3.34. The number of hydrogen-bond acceptors (Lipinski definition) is 4. The number of ether oxygens (including phenoxy) is 2. The van der Waals surface area contributed by atoms with Gasteiger partial charge in [0.15, 0.2) is 11.5 Å². The average molecular weight is 306 g/mol. The molecule has 1 aliphatic heterocycles. The molecule has 0 aromatic heterocycles. The largest absolute Gasteiger partial charge is 0.493 e. The van der Waals surface area contributed by atoms with Gasteiger partial charge in [-0.25, -0.2) is 0 Å². The van der Waals surface area contributed by atoms with Crippen LogP contribution in [-0.2, 0) is 6.54 Å². The van der Waals surface area contributed by atoms with E-state index in [1.54, 1.807) is 14.2 Å². The van der Waals surface area contributed by atoms with Crippen LogP contribution in [0.25, 0.3) is 0 Å². The quantitative estimate of drug-likeness (QED) is 0.877. The van der Waals surface area contributed by atoms with Crippen LogP contribution in [-0.4, -0.2) is 31.3 Å². The van der Waals surface area contributed by atoms with E-state index in [2.05, 4.69) is 44.4 Å². The zero-order chi connectivity index (χ0) is 16.4. The third-order valence-corrected chi connectivity index (χ3v) is 4.23. The predicted molar refractivity (Wildman–Crippen MR) is 90.7 cm³/mol.